The Bertz CT molecular complexity index is 536. The van der Waals surface area contributed by atoms with E-state index in [0.717, 1.165) is 4.90 Å². The first-order valence-electron chi connectivity index (χ1n) is 6.05. The highest BCUT2D eigenvalue weighted by Gasteiger charge is 2.19. The molecule has 0 atom stereocenters. The Hall–Kier alpha value is -2.38. The minimum absolute atomic E-state index is 0.169. The molecule has 1 aromatic heterocycles. The van der Waals surface area contributed by atoms with Crippen LogP contribution in [0.3, 0.4) is 0 Å². The minimum Gasteiger partial charge on any atom is -0.480 e. The third-order valence-corrected chi connectivity index (χ3v) is 2.41. The van der Waals surface area contributed by atoms with E-state index in [-0.39, 0.29) is 11.7 Å². The summed E-state index contributed by atoms with van der Waals surface area (Å²) >= 11 is 0. The number of hydrogen-bond acceptors (Lipinski definition) is 5. The molecule has 1 heterocycles. The summed E-state index contributed by atoms with van der Waals surface area (Å²) in [4.78, 5) is 38.5. The normalized spacial score (nSPS) is 10.6. The van der Waals surface area contributed by atoms with Crippen LogP contribution in [0.25, 0.3) is 0 Å². The molecule has 0 saturated heterocycles. The zero-order valence-electron chi connectivity index (χ0n) is 11.3. The Morgan fingerprint density at radius 1 is 1.30 bits per heavy atom. The average molecular weight is 283 g/mol. The largest absolute Gasteiger partial charge is 0.480 e. The molecular weight excluding hydrogens is 266 g/mol. The molecule has 0 bridgehead atoms. The van der Waals surface area contributed by atoms with E-state index in [4.69, 9.17) is 10.2 Å². The SMILES string of the molecule is CC(C)Cn1ccnc(N(CC(=O)O)CC(=O)O)c1=O. The lowest BCUT2D eigenvalue weighted by Gasteiger charge is -2.19. The van der Waals surface area contributed by atoms with E-state index >= 15 is 0 Å². The van der Waals surface area contributed by atoms with Gasteiger partial charge in [0, 0.05) is 18.9 Å². The lowest BCUT2D eigenvalue weighted by atomic mass is 10.2. The van der Waals surface area contributed by atoms with Gasteiger partial charge in [-0.3, -0.25) is 14.4 Å². The standard InChI is InChI=1S/C12H17N3O5/c1-8(2)5-14-4-3-13-11(12(14)20)15(6-9(16)17)7-10(18)19/h3-4,8H,5-7H2,1-2H3,(H,16,17)(H,18,19). The molecule has 1 aromatic rings. The number of aliphatic carboxylic acids is 2. The smallest absolute Gasteiger partial charge is 0.323 e. The molecule has 2 N–H and O–H groups in total. The fraction of sp³-hybridized carbons (Fsp3) is 0.500. The van der Waals surface area contributed by atoms with Crippen LogP contribution in [0, 0.1) is 5.92 Å². The summed E-state index contributed by atoms with van der Waals surface area (Å²) < 4.78 is 1.39. The predicted molar refractivity (Wildman–Crippen MR) is 70.8 cm³/mol. The van der Waals surface area contributed by atoms with Gasteiger partial charge in [0.05, 0.1) is 0 Å². The summed E-state index contributed by atoms with van der Waals surface area (Å²) in [5.74, 6) is -2.41. The minimum atomic E-state index is -1.23. The van der Waals surface area contributed by atoms with Gasteiger partial charge >= 0.3 is 11.9 Å². The second-order valence-electron chi connectivity index (χ2n) is 4.75. The van der Waals surface area contributed by atoms with Crippen molar-refractivity contribution in [1.29, 1.82) is 0 Å². The van der Waals surface area contributed by atoms with Gasteiger partial charge in [0.1, 0.15) is 13.1 Å². The summed E-state index contributed by atoms with van der Waals surface area (Å²) in [7, 11) is 0. The molecule has 0 aliphatic heterocycles. The van der Waals surface area contributed by atoms with Crippen molar-refractivity contribution in [2.75, 3.05) is 18.0 Å². The highest BCUT2D eigenvalue weighted by Crippen LogP contribution is 2.04. The first kappa shape index (κ1) is 15.7. The quantitative estimate of drug-likeness (QED) is 0.717. The number of nitrogens with zero attached hydrogens (tertiary/aromatic N) is 3. The average Bonchev–Trinajstić information content (AvgIpc) is 2.29. The molecule has 0 fully saturated rings. The van der Waals surface area contributed by atoms with E-state index in [2.05, 4.69) is 4.98 Å². The van der Waals surface area contributed by atoms with Gasteiger partial charge in [-0.05, 0) is 5.92 Å². The van der Waals surface area contributed by atoms with E-state index < -0.39 is 30.6 Å². The number of aromatic nitrogens is 2. The monoisotopic (exact) mass is 283 g/mol. The molecule has 110 valence electrons. The van der Waals surface area contributed by atoms with E-state index in [1.54, 1.807) is 0 Å². The van der Waals surface area contributed by atoms with Crippen LogP contribution >= 0.6 is 0 Å². The molecule has 20 heavy (non-hydrogen) atoms. The van der Waals surface area contributed by atoms with Crippen molar-refractivity contribution in [3.63, 3.8) is 0 Å². The Morgan fingerprint density at radius 2 is 1.85 bits per heavy atom. The van der Waals surface area contributed by atoms with Crippen LogP contribution in [0.5, 0.6) is 0 Å². The highest BCUT2D eigenvalue weighted by atomic mass is 16.4. The van der Waals surface area contributed by atoms with Crippen molar-refractivity contribution in [2.24, 2.45) is 5.92 Å². The fourth-order valence-electron chi connectivity index (χ4n) is 1.72. The second kappa shape index (κ2) is 6.69. The van der Waals surface area contributed by atoms with Gasteiger partial charge in [-0.1, -0.05) is 13.8 Å². The van der Waals surface area contributed by atoms with Gasteiger partial charge in [-0.25, -0.2) is 4.98 Å². The summed E-state index contributed by atoms with van der Waals surface area (Å²) in [6.45, 7) is 3.11. The Balaban J connectivity index is 3.15. The Kier molecular flexibility index (Phi) is 5.24. The summed E-state index contributed by atoms with van der Waals surface area (Å²) in [6.07, 6.45) is 2.85. The molecule has 0 aliphatic carbocycles. The van der Waals surface area contributed by atoms with Gasteiger partial charge in [0.25, 0.3) is 5.56 Å². The molecular formula is C12H17N3O5. The van der Waals surface area contributed by atoms with E-state index in [1.165, 1.54) is 17.0 Å². The zero-order chi connectivity index (χ0) is 15.3. The van der Waals surface area contributed by atoms with E-state index in [0.29, 0.717) is 6.54 Å². The number of rotatable bonds is 7. The maximum absolute atomic E-state index is 12.2. The van der Waals surface area contributed by atoms with Crippen molar-refractivity contribution in [3.8, 4) is 0 Å². The molecule has 0 amide bonds. The van der Waals surface area contributed by atoms with E-state index in [1.807, 2.05) is 13.8 Å². The number of carboxylic acid groups (broad SMARTS) is 2. The maximum atomic E-state index is 12.2. The van der Waals surface area contributed by atoms with Gasteiger partial charge < -0.3 is 19.7 Å². The summed E-state index contributed by atoms with van der Waals surface area (Å²) in [6, 6.07) is 0. The highest BCUT2D eigenvalue weighted by molar-refractivity contribution is 5.78. The van der Waals surface area contributed by atoms with Crippen LogP contribution < -0.4 is 10.5 Å². The van der Waals surface area contributed by atoms with Gasteiger partial charge in [-0.15, -0.1) is 0 Å². The van der Waals surface area contributed by atoms with Crippen LogP contribution in [0.4, 0.5) is 5.82 Å². The number of hydrogen-bond donors (Lipinski definition) is 2. The van der Waals surface area contributed by atoms with Crippen LogP contribution in [0.15, 0.2) is 17.2 Å². The van der Waals surface area contributed by atoms with Crippen molar-refractivity contribution in [1.82, 2.24) is 9.55 Å². The third kappa shape index (κ3) is 4.38. The third-order valence-electron chi connectivity index (χ3n) is 2.41. The molecule has 1 rings (SSSR count). The second-order valence-corrected chi connectivity index (χ2v) is 4.75. The van der Waals surface area contributed by atoms with Crippen molar-refractivity contribution in [3.05, 3.63) is 22.7 Å². The first-order chi connectivity index (χ1) is 9.31. The maximum Gasteiger partial charge on any atom is 0.323 e. The summed E-state index contributed by atoms with van der Waals surface area (Å²) in [5, 5.41) is 17.6. The Labute approximate surface area is 115 Å². The predicted octanol–water partition coefficient (Wildman–Crippen LogP) is -0.125. The van der Waals surface area contributed by atoms with Gasteiger partial charge in [0.2, 0.25) is 0 Å². The lowest BCUT2D eigenvalue weighted by Crippen LogP contribution is -2.40. The number of carbonyl (C=O) groups is 2. The van der Waals surface area contributed by atoms with Crippen molar-refractivity contribution >= 4 is 17.8 Å². The van der Waals surface area contributed by atoms with Crippen molar-refractivity contribution < 1.29 is 19.8 Å². The number of carboxylic acids is 2. The zero-order valence-corrected chi connectivity index (χ0v) is 11.3. The van der Waals surface area contributed by atoms with Gasteiger partial charge in [-0.2, -0.15) is 0 Å². The Morgan fingerprint density at radius 3 is 2.30 bits per heavy atom. The van der Waals surface area contributed by atoms with Gasteiger partial charge in [0.15, 0.2) is 5.82 Å². The van der Waals surface area contributed by atoms with Crippen LogP contribution in [0.2, 0.25) is 0 Å². The first-order valence-corrected chi connectivity index (χ1v) is 6.05. The molecule has 0 aliphatic rings. The molecule has 0 aromatic carbocycles. The molecule has 0 unspecified atom stereocenters. The topological polar surface area (TPSA) is 113 Å². The van der Waals surface area contributed by atoms with E-state index in [9.17, 15) is 14.4 Å². The van der Waals surface area contributed by atoms with Crippen molar-refractivity contribution in [2.45, 2.75) is 20.4 Å². The number of anilines is 1. The molecule has 8 heteroatoms. The lowest BCUT2D eigenvalue weighted by molar-refractivity contribution is -0.136. The summed E-state index contributed by atoms with van der Waals surface area (Å²) in [5.41, 5.74) is -0.497. The van der Waals surface area contributed by atoms with Crippen LogP contribution in [-0.2, 0) is 16.1 Å². The fourth-order valence-corrected chi connectivity index (χ4v) is 1.72. The molecule has 0 spiro atoms. The van der Waals surface area contributed by atoms with Crippen LogP contribution in [-0.4, -0.2) is 44.8 Å². The molecule has 0 radical (unpaired) electrons. The van der Waals surface area contributed by atoms with Crippen LogP contribution in [0.1, 0.15) is 13.8 Å². The molecule has 8 nitrogen and oxygen atoms in total. The molecule has 0 saturated carbocycles.